The van der Waals surface area contributed by atoms with Crippen LogP contribution in [-0.4, -0.2) is 33.0 Å². The van der Waals surface area contributed by atoms with Gasteiger partial charge < -0.3 is 10.6 Å². The quantitative estimate of drug-likeness (QED) is 0.775. The number of hydrogen-bond acceptors (Lipinski definition) is 4. The van der Waals surface area contributed by atoms with Crippen LogP contribution in [0.2, 0.25) is 0 Å². The molecule has 0 spiro atoms. The van der Waals surface area contributed by atoms with Gasteiger partial charge in [0.25, 0.3) is 5.91 Å². The second-order valence-corrected chi connectivity index (χ2v) is 9.22. The maximum atomic E-state index is 12.5. The molecule has 28 heavy (non-hydrogen) atoms. The summed E-state index contributed by atoms with van der Waals surface area (Å²) in [4.78, 5) is 12.8. The van der Waals surface area contributed by atoms with E-state index in [4.69, 9.17) is 0 Å². The molecule has 0 aliphatic carbocycles. The van der Waals surface area contributed by atoms with Crippen molar-refractivity contribution in [3.05, 3.63) is 65.2 Å². The van der Waals surface area contributed by atoms with Crippen LogP contribution in [0.15, 0.2) is 53.4 Å². The molecular weight excluding hydrogens is 396 g/mol. The molecular formula is C21H27ClN2O3S. The van der Waals surface area contributed by atoms with Crippen molar-refractivity contribution in [1.29, 1.82) is 0 Å². The highest BCUT2D eigenvalue weighted by molar-refractivity contribution is 7.90. The summed E-state index contributed by atoms with van der Waals surface area (Å²) < 4.78 is 25.1. The Balaban J connectivity index is 0.00000280. The normalized spacial score (nSPS) is 19.5. The molecule has 1 aliphatic rings. The average molecular weight is 423 g/mol. The van der Waals surface area contributed by atoms with E-state index in [2.05, 4.69) is 17.6 Å². The minimum Gasteiger partial charge on any atom is -0.348 e. The lowest BCUT2D eigenvalue weighted by atomic mass is 9.99. The first-order valence-corrected chi connectivity index (χ1v) is 10.9. The van der Waals surface area contributed by atoms with Gasteiger partial charge in [0.1, 0.15) is 0 Å². The molecule has 2 aromatic carbocycles. The molecule has 0 radical (unpaired) electrons. The SMILES string of the molecule is Cc1ccc(S(=O)(=O)Cc2ccc(C(=O)NC3CCCNC3C)cc2)cc1.Cl. The van der Waals surface area contributed by atoms with Crippen molar-refractivity contribution in [3.8, 4) is 0 Å². The Labute approximate surface area is 173 Å². The zero-order valence-corrected chi connectivity index (χ0v) is 17.8. The lowest BCUT2D eigenvalue weighted by Crippen LogP contribution is -2.51. The number of hydrogen-bond donors (Lipinski definition) is 2. The third kappa shape index (κ3) is 5.56. The van der Waals surface area contributed by atoms with Crippen LogP contribution in [0.25, 0.3) is 0 Å². The Morgan fingerprint density at radius 1 is 1.11 bits per heavy atom. The van der Waals surface area contributed by atoms with E-state index in [1.807, 2.05) is 6.92 Å². The van der Waals surface area contributed by atoms with E-state index in [0.717, 1.165) is 24.9 Å². The summed E-state index contributed by atoms with van der Waals surface area (Å²) in [6.45, 7) is 4.98. The van der Waals surface area contributed by atoms with Crippen molar-refractivity contribution in [2.24, 2.45) is 0 Å². The summed E-state index contributed by atoms with van der Waals surface area (Å²) in [5.41, 5.74) is 2.23. The molecule has 3 rings (SSSR count). The molecule has 2 atom stereocenters. The monoisotopic (exact) mass is 422 g/mol. The van der Waals surface area contributed by atoms with Crippen LogP contribution in [0.5, 0.6) is 0 Å². The van der Waals surface area contributed by atoms with Gasteiger partial charge in [-0.3, -0.25) is 4.79 Å². The van der Waals surface area contributed by atoms with E-state index in [0.29, 0.717) is 16.0 Å². The van der Waals surface area contributed by atoms with Gasteiger partial charge in [0.15, 0.2) is 9.84 Å². The van der Waals surface area contributed by atoms with E-state index in [9.17, 15) is 13.2 Å². The molecule has 2 N–H and O–H groups in total. The largest absolute Gasteiger partial charge is 0.348 e. The van der Waals surface area contributed by atoms with Crippen molar-refractivity contribution < 1.29 is 13.2 Å². The molecule has 2 unspecified atom stereocenters. The Morgan fingerprint density at radius 2 is 1.75 bits per heavy atom. The first-order valence-electron chi connectivity index (χ1n) is 9.28. The van der Waals surface area contributed by atoms with Gasteiger partial charge in [-0.25, -0.2) is 8.42 Å². The molecule has 0 saturated carbocycles. The Kier molecular flexibility index (Phi) is 7.63. The summed E-state index contributed by atoms with van der Waals surface area (Å²) >= 11 is 0. The first-order chi connectivity index (χ1) is 12.8. The number of nitrogens with one attached hydrogen (secondary N) is 2. The molecule has 0 bridgehead atoms. The molecule has 1 saturated heterocycles. The third-order valence-electron chi connectivity index (χ3n) is 5.03. The minimum atomic E-state index is -3.40. The van der Waals surface area contributed by atoms with E-state index in [1.165, 1.54) is 0 Å². The van der Waals surface area contributed by atoms with Gasteiger partial charge in [-0.05, 0) is 63.1 Å². The number of aryl methyl sites for hydroxylation is 1. The average Bonchev–Trinajstić information content (AvgIpc) is 2.64. The summed E-state index contributed by atoms with van der Waals surface area (Å²) in [5.74, 6) is -0.204. The maximum absolute atomic E-state index is 12.5. The van der Waals surface area contributed by atoms with Gasteiger partial charge in [0.2, 0.25) is 0 Å². The summed E-state index contributed by atoms with van der Waals surface area (Å²) in [6, 6.07) is 14.0. The standard InChI is InChI=1S/C21H26N2O3S.ClH/c1-15-5-11-19(12-6-15)27(25,26)14-17-7-9-18(10-8-17)21(24)23-20-4-3-13-22-16(20)2;/h5-12,16,20,22H,3-4,13-14H2,1-2H3,(H,23,24);1H. The summed E-state index contributed by atoms with van der Waals surface area (Å²) in [5, 5.41) is 6.43. The number of sulfone groups is 1. The summed E-state index contributed by atoms with van der Waals surface area (Å²) in [7, 11) is -3.40. The second-order valence-electron chi connectivity index (χ2n) is 7.23. The maximum Gasteiger partial charge on any atom is 0.251 e. The number of halogens is 1. The van der Waals surface area contributed by atoms with Crippen LogP contribution in [0, 0.1) is 6.92 Å². The van der Waals surface area contributed by atoms with Gasteiger partial charge in [0.05, 0.1) is 10.6 Å². The van der Waals surface area contributed by atoms with Gasteiger partial charge in [-0.15, -0.1) is 12.4 Å². The van der Waals surface area contributed by atoms with Gasteiger partial charge >= 0.3 is 0 Å². The molecule has 1 fully saturated rings. The number of carbonyl (C=O) groups is 1. The van der Waals surface area contributed by atoms with Crippen molar-refractivity contribution in [3.63, 3.8) is 0 Å². The molecule has 7 heteroatoms. The van der Waals surface area contributed by atoms with Crippen molar-refractivity contribution >= 4 is 28.2 Å². The van der Waals surface area contributed by atoms with E-state index in [-0.39, 0.29) is 36.2 Å². The van der Waals surface area contributed by atoms with Crippen LogP contribution >= 0.6 is 12.4 Å². The smallest absolute Gasteiger partial charge is 0.251 e. The number of benzene rings is 2. The van der Waals surface area contributed by atoms with Gasteiger partial charge in [-0.1, -0.05) is 29.8 Å². The highest BCUT2D eigenvalue weighted by Gasteiger charge is 2.23. The fourth-order valence-corrected chi connectivity index (χ4v) is 4.64. The van der Waals surface area contributed by atoms with Crippen LogP contribution in [0.4, 0.5) is 0 Å². The number of rotatable bonds is 5. The Bertz CT molecular complexity index is 896. The van der Waals surface area contributed by atoms with E-state index >= 15 is 0 Å². The Hall–Kier alpha value is -1.89. The van der Waals surface area contributed by atoms with Crippen molar-refractivity contribution in [2.75, 3.05) is 6.54 Å². The van der Waals surface area contributed by atoms with Crippen molar-refractivity contribution in [2.45, 2.75) is 49.4 Å². The van der Waals surface area contributed by atoms with Crippen LogP contribution in [0.3, 0.4) is 0 Å². The Morgan fingerprint density at radius 3 is 2.36 bits per heavy atom. The van der Waals surface area contributed by atoms with Crippen molar-refractivity contribution in [1.82, 2.24) is 10.6 Å². The molecule has 1 heterocycles. The number of piperidine rings is 1. The first kappa shape index (κ1) is 22.4. The molecule has 1 aliphatic heterocycles. The molecule has 5 nitrogen and oxygen atoms in total. The third-order valence-corrected chi connectivity index (χ3v) is 6.73. The van der Waals surface area contributed by atoms with Crippen LogP contribution in [-0.2, 0) is 15.6 Å². The fourth-order valence-electron chi connectivity index (χ4n) is 3.29. The minimum absolute atomic E-state index is 0. The fraction of sp³-hybridized carbons (Fsp3) is 0.381. The molecule has 1 amide bonds. The molecule has 0 aromatic heterocycles. The number of amides is 1. The number of carbonyl (C=O) groups excluding carboxylic acids is 1. The lowest BCUT2D eigenvalue weighted by molar-refractivity contribution is 0.0920. The topological polar surface area (TPSA) is 75.3 Å². The predicted molar refractivity (Wildman–Crippen MR) is 114 cm³/mol. The van der Waals surface area contributed by atoms with Crippen LogP contribution in [0.1, 0.15) is 41.3 Å². The second kappa shape index (κ2) is 9.54. The zero-order chi connectivity index (χ0) is 19.4. The van der Waals surface area contributed by atoms with Crippen LogP contribution < -0.4 is 10.6 Å². The molecule has 152 valence electrons. The van der Waals surface area contributed by atoms with Gasteiger partial charge in [-0.2, -0.15) is 0 Å². The summed E-state index contributed by atoms with van der Waals surface area (Å²) in [6.07, 6.45) is 2.01. The van der Waals surface area contributed by atoms with Gasteiger partial charge in [0, 0.05) is 17.6 Å². The highest BCUT2D eigenvalue weighted by Crippen LogP contribution is 2.18. The van der Waals surface area contributed by atoms with E-state index < -0.39 is 9.84 Å². The predicted octanol–water partition coefficient (Wildman–Crippen LogP) is 3.26. The van der Waals surface area contributed by atoms with E-state index in [1.54, 1.807) is 48.5 Å². The zero-order valence-electron chi connectivity index (χ0n) is 16.1. The highest BCUT2D eigenvalue weighted by atomic mass is 35.5. The lowest BCUT2D eigenvalue weighted by Gasteiger charge is -2.30. The molecule has 2 aromatic rings.